The number of nitrogens with zero attached hydrogens (tertiary/aromatic N) is 1. The van der Waals surface area contributed by atoms with Crippen LogP contribution in [0, 0.1) is 5.82 Å². The lowest BCUT2D eigenvalue weighted by atomic mass is 10.2. The van der Waals surface area contributed by atoms with Crippen molar-refractivity contribution in [2.75, 3.05) is 0 Å². The molecule has 6 heteroatoms. The number of hydrogen-bond donors (Lipinski definition) is 0. The lowest BCUT2D eigenvalue weighted by molar-refractivity contribution is -0.0889. The lowest BCUT2D eigenvalue weighted by Gasteiger charge is -2.06. The van der Waals surface area contributed by atoms with E-state index >= 15 is 0 Å². The first kappa shape index (κ1) is 11.6. The Labute approximate surface area is 93.5 Å². The minimum Gasteiger partial charge on any atom is -0.341 e. The summed E-state index contributed by atoms with van der Waals surface area (Å²) >= 11 is 0. The molecule has 0 spiro atoms. The Balaban J connectivity index is 2.65. The predicted molar refractivity (Wildman–Crippen MR) is 53.3 cm³/mol. The van der Waals surface area contributed by atoms with Gasteiger partial charge in [0.2, 0.25) is 0 Å². The summed E-state index contributed by atoms with van der Waals surface area (Å²) in [5, 5.41) is 0.390. The maximum absolute atomic E-state index is 12.9. The molecule has 0 unspecified atom stereocenters. The largest absolute Gasteiger partial charge is 0.456 e. The number of halogens is 4. The summed E-state index contributed by atoms with van der Waals surface area (Å²) in [4.78, 5) is 11.1. The number of ketones is 1. The molecule has 2 aromatic rings. The number of benzene rings is 1. The number of aromatic nitrogens is 1. The van der Waals surface area contributed by atoms with E-state index in [4.69, 9.17) is 0 Å². The van der Waals surface area contributed by atoms with Gasteiger partial charge in [-0.15, -0.1) is 0 Å². The van der Waals surface area contributed by atoms with Crippen molar-refractivity contribution in [3.8, 4) is 0 Å². The summed E-state index contributed by atoms with van der Waals surface area (Å²) < 4.78 is 50.8. The van der Waals surface area contributed by atoms with Crippen molar-refractivity contribution in [2.24, 2.45) is 7.05 Å². The highest BCUT2D eigenvalue weighted by Gasteiger charge is 2.41. The highest BCUT2D eigenvalue weighted by atomic mass is 19.4. The molecule has 1 aromatic heterocycles. The van der Waals surface area contributed by atoms with Crippen LogP contribution in [-0.4, -0.2) is 16.5 Å². The summed E-state index contributed by atoms with van der Waals surface area (Å²) in [7, 11) is 1.29. The van der Waals surface area contributed by atoms with Gasteiger partial charge in [-0.1, -0.05) is 0 Å². The van der Waals surface area contributed by atoms with E-state index < -0.39 is 23.5 Å². The number of carbonyl (C=O) groups excluding carboxylic acids is 1. The Morgan fingerprint density at radius 3 is 2.47 bits per heavy atom. The Morgan fingerprint density at radius 2 is 1.88 bits per heavy atom. The van der Waals surface area contributed by atoms with Crippen LogP contribution < -0.4 is 0 Å². The van der Waals surface area contributed by atoms with Crippen LogP contribution in [0.25, 0.3) is 10.9 Å². The van der Waals surface area contributed by atoms with Crippen molar-refractivity contribution in [2.45, 2.75) is 6.18 Å². The van der Waals surface area contributed by atoms with E-state index in [1.165, 1.54) is 13.1 Å². The number of fused-ring (bicyclic) bond motifs is 1. The van der Waals surface area contributed by atoms with Crippen LogP contribution in [0.5, 0.6) is 0 Å². The highest BCUT2D eigenvalue weighted by Crippen LogP contribution is 2.26. The van der Waals surface area contributed by atoms with Crippen molar-refractivity contribution in [3.05, 3.63) is 35.8 Å². The van der Waals surface area contributed by atoms with E-state index in [1.807, 2.05) is 0 Å². The maximum Gasteiger partial charge on any atom is 0.456 e. The SMILES string of the molecule is Cn1c(C(=O)C(F)(F)F)cc2ccc(F)cc21. The fraction of sp³-hybridized carbons (Fsp3) is 0.182. The molecule has 1 aromatic carbocycles. The minimum absolute atomic E-state index is 0.248. The molecule has 2 rings (SSSR count). The summed E-state index contributed by atoms with van der Waals surface area (Å²) in [5.74, 6) is -2.50. The van der Waals surface area contributed by atoms with Crippen molar-refractivity contribution < 1.29 is 22.4 Å². The fourth-order valence-electron chi connectivity index (χ4n) is 1.67. The molecule has 17 heavy (non-hydrogen) atoms. The molecule has 0 aliphatic carbocycles. The topological polar surface area (TPSA) is 22.0 Å². The molecule has 0 amide bonds. The van der Waals surface area contributed by atoms with Gasteiger partial charge in [-0.3, -0.25) is 4.79 Å². The summed E-state index contributed by atoms with van der Waals surface area (Å²) in [5.41, 5.74) is -0.254. The van der Waals surface area contributed by atoms with E-state index in [-0.39, 0.29) is 5.52 Å². The lowest BCUT2D eigenvalue weighted by Crippen LogP contribution is -2.24. The highest BCUT2D eigenvalue weighted by molar-refractivity contribution is 6.03. The molecule has 0 atom stereocenters. The zero-order valence-electron chi connectivity index (χ0n) is 8.68. The maximum atomic E-state index is 12.9. The van der Waals surface area contributed by atoms with E-state index in [2.05, 4.69) is 0 Å². The molecule has 0 aliphatic rings. The van der Waals surface area contributed by atoms with Gasteiger partial charge in [0.15, 0.2) is 0 Å². The first-order valence-electron chi connectivity index (χ1n) is 4.67. The second-order valence-corrected chi connectivity index (χ2v) is 3.62. The first-order chi connectivity index (χ1) is 7.80. The molecule has 0 aliphatic heterocycles. The molecule has 90 valence electrons. The fourth-order valence-corrected chi connectivity index (χ4v) is 1.67. The van der Waals surface area contributed by atoms with E-state index in [0.29, 0.717) is 5.39 Å². The Bertz CT molecular complexity index is 597. The summed E-state index contributed by atoms with van der Waals surface area (Å²) in [6, 6.07) is 4.65. The molecule has 0 fully saturated rings. The Morgan fingerprint density at radius 1 is 1.24 bits per heavy atom. The Hall–Kier alpha value is -1.85. The van der Waals surface area contributed by atoms with Gasteiger partial charge < -0.3 is 4.57 Å². The molecule has 0 saturated heterocycles. The van der Waals surface area contributed by atoms with E-state index in [0.717, 1.165) is 22.8 Å². The van der Waals surface area contributed by atoms with Gasteiger partial charge in [-0.05, 0) is 24.3 Å². The van der Waals surface area contributed by atoms with Gasteiger partial charge in [-0.25, -0.2) is 4.39 Å². The molecular formula is C11H7F4NO. The number of alkyl halides is 3. The number of hydrogen-bond acceptors (Lipinski definition) is 1. The third-order valence-electron chi connectivity index (χ3n) is 2.50. The molecule has 2 nitrogen and oxygen atoms in total. The zero-order chi connectivity index (χ0) is 12.8. The van der Waals surface area contributed by atoms with E-state index in [9.17, 15) is 22.4 Å². The van der Waals surface area contributed by atoms with Crippen LogP contribution in [0.15, 0.2) is 24.3 Å². The van der Waals surface area contributed by atoms with Gasteiger partial charge in [0, 0.05) is 12.4 Å². The monoisotopic (exact) mass is 245 g/mol. The van der Waals surface area contributed by atoms with Crippen LogP contribution >= 0.6 is 0 Å². The van der Waals surface area contributed by atoms with Gasteiger partial charge >= 0.3 is 6.18 Å². The van der Waals surface area contributed by atoms with Crippen molar-refractivity contribution in [1.82, 2.24) is 4.57 Å². The van der Waals surface area contributed by atoms with Crippen molar-refractivity contribution >= 4 is 16.7 Å². The van der Waals surface area contributed by atoms with Crippen molar-refractivity contribution in [1.29, 1.82) is 0 Å². The van der Waals surface area contributed by atoms with Crippen LogP contribution in [-0.2, 0) is 7.05 Å². The predicted octanol–water partition coefficient (Wildman–Crippen LogP) is 3.06. The summed E-state index contributed by atoms with van der Waals surface area (Å²) in [6.45, 7) is 0. The molecule has 0 bridgehead atoms. The molecule has 0 saturated carbocycles. The second-order valence-electron chi connectivity index (χ2n) is 3.62. The van der Waals surface area contributed by atoms with E-state index in [1.54, 1.807) is 0 Å². The standard InChI is InChI=1S/C11H7F4NO/c1-16-8-5-7(12)3-2-6(8)4-9(16)10(17)11(13,14)15/h2-5H,1H3. The van der Waals surface area contributed by atoms with Gasteiger partial charge in [0.1, 0.15) is 5.82 Å². The van der Waals surface area contributed by atoms with Crippen molar-refractivity contribution in [3.63, 3.8) is 0 Å². The third kappa shape index (κ3) is 1.90. The number of carbonyl (C=O) groups is 1. The van der Waals surface area contributed by atoms with Gasteiger partial charge in [0.25, 0.3) is 5.78 Å². The minimum atomic E-state index is -4.93. The average molecular weight is 245 g/mol. The number of Topliss-reactive ketones (excluding diaryl/α,β-unsaturated/α-hetero) is 1. The van der Waals surface area contributed by atoms with Crippen LogP contribution in [0.4, 0.5) is 17.6 Å². The molecule has 0 radical (unpaired) electrons. The normalized spacial score (nSPS) is 12.1. The third-order valence-corrected chi connectivity index (χ3v) is 2.50. The first-order valence-corrected chi connectivity index (χ1v) is 4.67. The summed E-state index contributed by atoms with van der Waals surface area (Å²) in [6.07, 6.45) is -4.93. The second kappa shape index (κ2) is 3.58. The average Bonchev–Trinajstić information content (AvgIpc) is 2.54. The van der Waals surface area contributed by atoms with Crippen LogP contribution in [0.1, 0.15) is 10.5 Å². The quantitative estimate of drug-likeness (QED) is 0.559. The van der Waals surface area contributed by atoms with Gasteiger partial charge in [-0.2, -0.15) is 13.2 Å². The zero-order valence-corrected chi connectivity index (χ0v) is 8.68. The molecule has 1 heterocycles. The molecule has 0 N–H and O–H groups in total. The van der Waals surface area contributed by atoms with Crippen LogP contribution in [0.2, 0.25) is 0 Å². The van der Waals surface area contributed by atoms with Crippen LogP contribution in [0.3, 0.4) is 0 Å². The smallest absolute Gasteiger partial charge is 0.341 e. The van der Waals surface area contributed by atoms with Gasteiger partial charge in [0.05, 0.1) is 11.2 Å². The Kier molecular flexibility index (Phi) is 2.45. The molecular weight excluding hydrogens is 238 g/mol. The number of aryl methyl sites for hydroxylation is 1. The number of rotatable bonds is 1.